The second-order valence-corrected chi connectivity index (χ2v) is 7.93. The topological polar surface area (TPSA) is 54.2 Å². The molecule has 0 radical (unpaired) electrons. The Bertz CT molecular complexity index is 927. The van der Waals surface area contributed by atoms with E-state index in [2.05, 4.69) is 56.9 Å². The Morgan fingerprint density at radius 1 is 0.964 bits per heavy atom. The first kappa shape index (κ1) is 18.8. The molecule has 28 heavy (non-hydrogen) atoms. The van der Waals surface area contributed by atoms with Gasteiger partial charge in [0.2, 0.25) is 0 Å². The molecule has 4 rings (SSSR count). The van der Waals surface area contributed by atoms with Crippen LogP contribution in [0.5, 0.6) is 0 Å². The standard InChI is InChI=1S/C23H28N4O/c1-18-14-19(2)27(25-18)17-21-7-5-6-20(15-21)16-26-12-9-23(28,10-13-26)22-8-3-4-11-24-22/h3-8,11,14-15,28H,9-10,12-13,16-17H2,1-2H3. The third-order valence-electron chi connectivity index (χ3n) is 5.66. The Morgan fingerprint density at radius 3 is 2.36 bits per heavy atom. The number of likely N-dealkylation sites (tertiary alicyclic amines) is 1. The summed E-state index contributed by atoms with van der Waals surface area (Å²) in [4.78, 5) is 6.78. The third-order valence-corrected chi connectivity index (χ3v) is 5.66. The van der Waals surface area contributed by atoms with Gasteiger partial charge in [-0.15, -0.1) is 0 Å². The van der Waals surface area contributed by atoms with Crippen molar-refractivity contribution in [2.24, 2.45) is 0 Å². The van der Waals surface area contributed by atoms with Gasteiger partial charge in [-0.2, -0.15) is 5.10 Å². The van der Waals surface area contributed by atoms with Gasteiger partial charge in [-0.3, -0.25) is 14.6 Å². The number of hydrogen-bond donors (Lipinski definition) is 1. The number of rotatable bonds is 5. The molecule has 1 N–H and O–H groups in total. The molecule has 0 aliphatic carbocycles. The highest BCUT2D eigenvalue weighted by molar-refractivity contribution is 5.24. The van der Waals surface area contributed by atoms with Crippen molar-refractivity contribution in [2.45, 2.75) is 45.4 Å². The Kier molecular flexibility index (Phi) is 5.29. The van der Waals surface area contributed by atoms with Crippen molar-refractivity contribution in [3.05, 3.63) is 82.9 Å². The molecule has 0 amide bonds. The van der Waals surface area contributed by atoms with E-state index in [1.807, 2.05) is 25.1 Å². The molecular weight excluding hydrogens is 348 g/mol. The lowest BCUT2D eigenvalue weighted by Crippen LogP contribution is -2.42. The number of aromatic nitrogens is 3. The molecule has 0 spiro atoms. The SMILES string of the molecule is Cc1cc(C)n(Cc2cccc(CN3CCC(O)(c4ccccn4)CC3)c2)n1. The number of piperidine rings is 1. The molecule has 146 valence electrons. The van der Waals surface area contributed by atoms with Crippen LogP contribution in [-0.2, 0) is 18.7 Å². The summed E-state index contributed by atoms with van der Waals surface area (Å²) >= 11 is 0. The summed E-state index contributed by atoms with van der Waals surface area (Å²) in [6, 6.07) is 16.6. The van der Waals surface area contributed by atoms with Crippen LogP contribution in [-0.4, -0.2) is 37.9 Å². The van der Waals surface area contributed by atoms with Crippen LogP contribution in [0, 0.1) is 13.8 Å². The molecule has 2 aromatic heterocycles. The number of benzene rings is 1. The highest BCUT2D eigenvalue weighted by Crippen LogP contribution is 2.31. The van der Waals surface area contributed by atoms with Gasteiger partial charge in [-0.05, 0) is 56.0 Å². The van der Waals surface area contributed by atoms with Crippen molar-refractivity contribution in [1.29, 1.82) is 0 Å². The summed E-state index contributed by atoms with van der Waals surface area (Å²) in [5.74, 6) is 0. The third kappa shape index (κ3) is 4.16. The molecule has 1 fully saturated rings. The van der Waals surface area contributed by atoms with Gasteiger partial charge in [0.05, 0.1) is 17.9 Å². The largest absolute Gasteiger partial charge is 0.383 e. The van der Waals surface area contributed by atoms with Crippen molar-refractivity contribution in [3.8, 4) is 0 Å². The van der Waals surface area contributed by atoms with Crippen LogP contribution in [0.4, 0.5) is 0 Å². The average Bonchev–Trinajstić information content (AvgIpc) is 3.02. The van der Waals surface area contributed by atoms with Crippen molar-refractivity contribution >= 4 is 0 Å². The van der Waals surface area contributed by atoms with E-state index >= 15 is 0 Å². The number of aryl methyl sites for hydroxylation is 2. The van der Waals surface area contributed by atoms with Gasteiger partial charge in [0.15, 0.2) is 0 Å². The van der Waals surface area contributed by atoms with Crippen LogP contribution in [0.3, 0.4) is 0 Å². The molecule has 0 unspecified atom stereocenters. The molecule has 1 saturated heterocycles. The lowest BCUT2D eigenvalue weighted by Gasteiger charge is -2.37. The summed E-state index contributed by atoms with van der Waals surface area (Å²) < 4.78 is 2.06. The summed E-state index contributed by atoms with van der Waals surface area (Å²) in [5.41, 5.74) is 4.82. The molecular formula is C23H28N4O. The zero-order chi connectivity index (χ0) is 19.6. The lowest BCUT2D eigenvalue weighted by molar-refractivity contribution is -0.0311. The molecule has 0 atom stereocenters. The average molecular weight is 377 g/mol. The van der Waals surface area contributed by atoms with Crippen LogP contribution >= 0.6 is 0 Å². The maximum atomic E-state index is 11.0. The van der Waals surface area contributed by atoms with Gasteiger partial charge >= 0.3 is 0 Å². The Morgan fingerprint density at radius 2 is 1.71 bits per heavy atom. The fraction of sp³-hybridized carbons (Fsp3) is 0.391. The first-order chi connectivity index (χ1) is 13.5. The zero-order valence-corrected chi connectivity index (χ0v) is 16.7. The normalized spacial score (nSPS) is 17.0. The number of hydrogen-bond acceptors (Lipinski definition) is 4. The predicted octanol–water partition coefficient (Wildman–Crippen LogP) is 3.43. The van der Waals surface area contributed by atoms with E-state index in [1.54, 1.807) is 6.20 Å². The Labute approximate surface area is 166 Å². The summed E-state index contributed by atoms with van der Waals surface area (Å²) in [7, 11) is 0. The number of pyridine rings is 1. The van der Waals surface area contributed by atoms with E-state index < -0.39 is 5.60 Å². The van der Waals surface area contributed by atoms with Crippen molar-refractivity contribution in [3.63, 3.8) is 0 Å². The molecule has 3 aromatic rings. The van der Waals surface area contributed by atoms with Crippen LogP contribution in [0.2, 0.25) is 0 Å². The second kappa shape index (κ2) is 7.86. The molecule has 0 bridgehead atoms. The quantitative estimate of drug-likeness (QED) is 0.741. The van der Waals surface area contributed by atoms with E-state index in [9.17, 15) is 5.11 Å². The van der Waals surface area contributed by atoms with Crippen LogP contribution in [0.25, 0.3) is 0 Å². The minimum absolute atomic E-state index is 0.718. The Hall–Kier alpha value is -2.50. The fourth-order valence-corrected chi connectivity index (χ4v) is 4.07. The van der Waals surface area contributed by atoms with E-state index in [4.69, 9.17) is 0 Å². The molecule has 0 saturated carbocycles. The predicted molar refractivity (Wildman–Crippen MR) is 110 cm³/mol. The monoisotopic (exact) mass is 376 g/mol. The second-order valence-electron chi connectivity index (χ2n) is 7.93. The Balaban J connectivity index is 1.38. The minimum atomic E-state index is -0.797. The fourth-order valence-electron chi connectivity index (χ4n) is 4.07. The molecule has 1 aliphatic rings. The van der Waals surface area contributed by atoms with Gasteiger partial charge in [0, 0.05) is 31.5 Å². The molecule has 1 aliphatic heterocycles. The first-order valence-electron chi connectivity index (χ1n) is 9.97. The lowest BCUT2D eigenvalue weighted by atomic mass is 9.87. The first-order valence-corrected chi connectivity index (χ1v) is 9.97. The maximum Gasteiger partial charge on any atom is 0.109 e. The summed E-state index contributed by atoms with van der Waals surface area (Å²) in [5, 5.41) is 15.5. The van der Waals surface area contributed by atoms with Gasteiger partial charge < -0.3 is 5.11 Å². The zero-order valence-electron chi connectivity index (χ0n) is 16.7. The van der Waals surface area contributed by atoms with Gasteiger partial charge in [0.25, 0.3) is 0 Å². The van der Waals surface area contributed by atoms with Gasteiger partial charge in [0.1, 0.15) is 5.60 Å². The highest BCUT2D eigenvalue weighted by atomic mass is 16.3. The van der Waals surface area contributed by atoms with Crippen molar-refractivity contribution in [1.82, 2.24) is 19.7 Å². The smallest absolute Gasteiger partial charge is 0.109 e. The summed E-state index contributed by atoms with van der Waals surface area (Å²) in [6.45, 7) is 7.57. The van der Waals surface area contributed by atoms with Crippen LogP contribution in [0.1, 0.15) is 41.1 Å². The van der Waals surface area contributed by atoms with Gasteiger partial charge in [-0.25, -0.2) is 0 Å². The van der Waals surface area contributed by atoms with E-state index in [-0.39, 0.29) is 0 Å². The van der Waals surface area contributed by atoms with Crippen molar-refractivity contribution < 1.29 is 5.11 Å². The minimum Gasteiger partial charge on any atom is -0.383 e. The molecule has 5 nitrogen and oxygen atoms in total. The van der Waals surface area contributed by atoms with Crippen molar-refractivity contribution in [2.75, 3.05) is 13.1 Å². The highest BCUT2D eigenvalue weighted by Gasteiger charge is 2.34. The van der Waals surface area contributed by atoms with Crippen LogP contribution in [0.15, 0.2) is 54.7 Å². The van der Waals surface area contributed by atoms with E-state index in [0.717, 1.165) is 50.4 Å². The van der Waals surface area contributed by atoms with Crippen LogP contribution < -0.4 is 0 Å². The van der Waals surface area contributed by atoms with E-state index in [0.29, 0.717) is 0 Å². The number of nitrogens with zero attached hydrogens (tertiary/aromatic N) is 4. The molecule has 5 heteroatoms. The maximum absolute atomic E-state index is 11.0. The number of aliphatic hydroxyl groups is 1. The molecule has 3 heterocycles. The van der Waals surface area contributed by atoms with Gasteiger partial charge in [-0.1, -0.05) is 30.3 Å². The van der Waals surface area contributed by atoms with E-state index in [1.165, 1.54) is 16.8 Å². The molecule has 1 aromatic carbocycles. The summed E-state index contributed by atoms with van der Waals surface area (Å²) in [6.07, 6.45) is 3.19.